The van der Waals surface area contributed by atoms with Crippen molar-refractivity contribution in [3.8, 4) is 0 Å². The highest BCUT2D eigenvalue weighted by molar-refractivity contribution is 5.78. The van der Waals surface area contributed by atoms with Crippen LogP contribution in [0.4, 0.5) is 0 Å². The van der Waals surface area contributed by atoms with E-state index in [1.54, 1.807) is 6.20 Å². The van der Waals surface area contributed by atoms with Crippen LogP contribution in [0.25, 0.3) is 0 Å². The molecule has 0 aromatic carbocycles. The van der Waals surface area contributed by atoms with Crippen molar-refractivity contribution in [2.24, 2.45) is 5.92 Å². The normalized spacial score (nSPS) is 26.3. The molecule has 5 heteroatoms. The van der Waals surface area contributed by atoms with E-state index in [1.807, 2.05) is 18.3 Å². The molecular weight excluding hydrogens is 336 g/mol. The lowest BCUT2D eigenvalue weighted by molar-refractivity contribution is -0.127. The first-order chi connectivity index (χ1) is 13.3. The molecule has 3 fully saturated rings. The molecule has 3 heterocycles. The third-order valence-corrected chi connectivity index (χ3v) is 6.87. The predicted octanol–water partition coefficient (Wildman–Crippen LogP) is 2.82. The highest BCUT2D eigenvalue weighted by Crippen LogP contribution is 2.29. The number of amides is 1. The molecule has 0 radical (unpaired) electrons. The number of carbonyl (C=O) groups excluding carboxylic acids is 1. The topological polar surface area (TPSA) is 48.5 Å². The summed E-state index contributed by atoms with van der Waals surface area (Å²) in [7, 11) is 0. The molecule has 27 heavy (non-hydrogen) atoms. The van der Waals surface area contributed by atoms with Gasteiger partial charge in [-0.1, -0.05) is 18.9 Å². The zero-order chi connectivity index (χ0) is 18.5. The molecule has 1 amide bonds. The minimum absolute atomic E-state index is 0.142. The maximum absolute atomic E-state index is 12.7. The van der Waals surface area contributed by atoms with E-state index in [0.717, 1.165) is 31.0 Å². The van der Waals surface area contributed by atoms with E-state index in [1.165, 1.54) is 58.2 Å². The Morgan fingerprint density at radius 3 is 2.52 bits per heavy atom. The van der Waals surface area contributed by atoms with Gasteiger partial charge in [0.1, 0.15) is 0 Å². The molecule has 0 bridgehead atoms. The Labute approximate surface area is 163 Å². The van der Waals surface area contributed by atoms with Gasteiger partial charge < -0.3 is 10.2 Å². The van der Waals surface area contributed by atoms with Crippen LogP contribution in [0.15, 0.2) is 24.5 Å². The Hall–Kier alpha value is -1.46. The summed E-state index contributed by atoms with van der Waals surface area (Å²) in [6, 6.07) is 5.47. The molecule has 5 nitrogen and oxygen atoms in total. The summed E-state index contributed by atoms with van der Waals surface area (Å²) in [6.45, 7) is 5.20. The molecule has 3 aliphatic rings. The van der Waals surface area contributed by atoms with Gasteiger partial charge in [-0.25, -0.2) is 0 Å². The van der Waals surface area contributed by atoms with Crippen molar-refractivity contribution in [1.29, 1.82) is 0 Å². The third-order valence-electron chi connectivity index (χ3n) is 6.87. The number of pyridine rings is 1. The molecule has 2 aliphatic heterocycles. The number of aromatic nitrogens is 1. The number of hydrogen-bond donors (Lipinski definition) is 1. The molecule has 148 valence electrons. The van der Waals surface area contributed by atoms with E-state index >= 15 is 0 Å². The smallest absolute Gasteiger partial charge is 0.224 e. The molecule has 4 rings (SSSR count). The summed E-state index contributed by atoms with van der Waals surface area (Å²) >= 11 is 0. The van der Waals surface area contributed by atoms with Crippen LogP contribution in [0.2, 0.25) is 0 Å². The molecule has 0 unspecified atom stereocenters. The first kappa shape index (κ1) is 18.9. The van der Waals surface area contributed by atoms with Crippen molar-refractivity contribution < 1.29 is 4.79 Å². The molecular formula is C22H34N4O. The summed E-state index contributed by atoms with van der Waals surface area (Å²) in [6.07, 6.45) is 14.0. The Bertz CT molecular complexity index is 594. The summed E-state index contributed by atoms with van der Waals surface area (Å²) in [5.41, 5.74) is 1.07. The lowest BCUT2D eigenvalue weighted by atomic mass is 9.93. The van der Waals surface area contributed by atoms with Gasteiger partial charge in [-0.2, -0.15) is 0 Å². The van der Waals surface area contributed by atoms with E-state index in [2.05, 4.69) is 20.1 Å². The molecule has 1 saturated carbocycles. The van der Waals surface area contributed by atoms with Crippen LogP contribution >= 0.6 is 0 Å². The number of nitrogens with one attached hydrogen (secondary N) is 1. The van der Waals surface area contributed by atoms with Gasteiger partial charge in [-0.15, -0.1) is 0 Å². The number of nitrogens with zero attached hydrogens (tertiary/aromatic N) is 3. The van der Waals surface area contributed by atoms with Gasteiger partial charge in [0.15, 0.2) is 0 Å². The highest BCUT2D eigenvalue weighted by Gasteiger charge is 2.33. The van der Waals surface area contributed by atoms with Gasteiger partial charge in [0.2, 0.25) is 5.91 Å². The first-order valence-electron chi connectivity index (χ1n) is 10.9. The van der Waals surface area contributed by atoms with Gasteiger partial charge in [0.05, 0.1) is 5.92 Å². The van der Waals surface area contributed by atoms with Crippen LogP contribution < -0.4 is 5.32 Å². The Morgan fingerprint density at radius 1 is 1.00 bits per heavy atom. The minimum Gasteiger partial charge on any atom is -0.352 e. The summed E-state index contributed by atoms with van der Waals surface area (Å²) in [5.74, 6) is 0.357. The Morgan fingerprint density at radius 2 is 1.78 bits per heavy atom. The van der Waals surface area contributed by atoms with Crippen molar-refractivity contribution in [2.75, 3.05) is 26.2 Å². The molecule has 1 aromatic heterocycles. The van der Waals surface area contributed by atoms with Crippen LogP contribution in [0.1, 0.15) is 56.9 Å². The second-order valence-electron chi connectivity index (χ2n) is 8.62. The van der Waals surface area contributed by atoms with E-state index in [9.17, 15) is 4.79 Å². The van der Waals surface area contributed by atoms with Crippen molar-refractivity contribution in [2.45, 2.75) is 70.0 Å². The summed E-state index contributed by atoms with van der Waals surface area (Å²) in [5, 5.41) is 3.12. The van der Waals surface area contributed by atoms with Crippen LogP contribution in [0.5, 0.6) is 0 Å². The van der Waals surface area contributed by atoms with Gasteiger partial charge in [0, 0.05) is 37.6 Å². The maximum Gasteiger partial charge on any atom is 0.224 e. The molecule has 1 atom stereocenters. The van der Waals surface area contributed by atoms with Gasteiger partial charge in [0.25, 0.3) is 0 Å². The molecule has 1 N–H and O–H groups in total. The van der Waals surface area contributed by atoms with Crippen LogP contribution in [0.3, 0.4) is 0 Å². The minimum atomic E-state index is 0.142. The van der Waals surface area contributed by atoms with Crippen molar-refractivity contribution in [1.82, 2.24) is 20.1 Å². The molecule has 1 aromatic rings. The second-order valence-corrected chi connectivity index (χ2v) is 8.62. The van der Waals surface area contributed by atoms with Crippen molar-refractivity contribution >= 4 is 5.91 Å². The first-order valence-corrected chi connectivity index (χ1v) is 10.9. The van der Waals surface area contributed by atoms with E-state index in [4.69, 9.17) is 0 Å². The fourth-order valence-corrected chi connectivity index (χ4v) is 5.27. The Balaban J connectivity index is 1.23. The van der Waals surface area contributed by atoms with Crippen molar-refractivity contribution in [3.05, 3.63) is 30.1 Å². The summed E-state index contributed by atoms with van der Waals surface area (Å²) in [4.78, 5) is 22.1. The SMILES string of the molecule is O=C(NCc1cccnc1)[C@@H]1CCCN(C2CCN(C3CCCC3)CC2)C1. The standard InChI is InChI=1S/C22H34N4O/c27-22(24-16-18-5-3-11-23-15-18)19-6-4-12-26(17-19)21-9-13-25(14-10-21)20-7-1-2-8-20/h3,5,11,15,19-21H,1-2,4,6-10,12-14,16-17H2,(H,24,27)/t19-/m1/s1. The van der Waals surface area contributed by atoms with Crippen LogP contribution in [-0.4, -0.2) is 59.0 Å². The number of carbonyl (C=O) groups is 1. The number of hydrogen-bond acceptors (Lipinski definition) is 4. The van der Waals surface area contributed by atoms with Gasteiger partial charge in [-0.3, -0.25) is 14.7 Å². The quantitative estimate of drug-likeness (QED) is 0.866. The number of likely N-dealkylation sites (tertiary alicyclic amines) is 2. The number of rotatable bonds is 5. The van der Waals surface area contributed by atoms with Gasteiger partial charge >= 0.3 is 0 Å². The van der Waals surface area contributed by atoms with Crippen LogP contribution in [-0.2, 0) is 11.3 Å². The van der Waals surface area contributed by atoms with E-state index < -0.39 is 0 Å². The third kappa shape index (κ3) is 4.88. The zero-order valence-electron chi connectivity index (χ0n) is 16.5. The lowest BCUT2D eigenvalue weighted by Crippen LogP contribution is -2.51. The largest absolute Gasteiger partial charge is 0.352 e. The maximum atomic E-state index is 12.7. The Kier molecular flexibility index (Phi) is 6.40. The molecule has 0 spiro atoms. The highest BCUT2D eigenvalue weighted by atomic mass is 16.1. The van der Waals surface area contributed by atoms with Crippen LogP contribution in [0, 0.1) is 5.92 Å². The molecule has 1 aliphatic carbocycles. The van der Waals surface area contributed by atoms with Gasteiger partial charge in [-0.05, 0) is 69.8 Å². The monoisotopic (exact) mass is 370 g/mol. The van der Waals surface area contributed by atoms with E-state index in [0.29, 0.717) is 12.6 Å². The predicted molar refractivity (Wildman–Crippen MR) is 107 cm³/mol. The molecule has 2 saturated heterocycles. The van der Waals surface area contributed by atoms with E-state index in [-0.39, 0.29) is 11.8 Å². The fraction of sp³-hybridized carbons (Fsp3) is 0.727. The average molecular weight is 371 g/mol. The fourth-order valence-electron chi connectivity index (χ4n) is 5.27. The zero-order valence-corrected chi connectivity index (χ0v) is 16.5. The average Bonchev–Trinajstić information content (AvgIpc) is 3.28. The second kappa shape index (κ2) is 9.16. The lowest BCUT2D eigenvalue weighted by Gasteiger charge is -2.43. The van der Waals surface area contributed by atoms with Crippen molar-refractivity contribution in [3.63, 3.8) is 0 Å². The number of piperidine rings is 2. The summed E-state index contributed by atoms with van der Waals surface area (Å²) < 4.78 is 0.